The summed E-state index contributed by atoms with van der Waals surface area (Å²) in [5, 5.41) is 7.70. The van der Waals surface area contributed by atoms with Crippen LogP contribution in [0, 0.1) is 5.41 Å². The standard InChI is InChI=1S/C14H27N3OS/c1-15-13(16-10-12-4-3-9-19-12)17-11-14(5-6-14)7-8-18-2/h12H,3-11H2,1-2H3,(H2,15,16,17). The van der Waals surface area contributed by atoms with Crippen molar-refractivity contribution in [3.8, 4) is 0 Å². The first-order valence-electron chi connectivity index (χ1n) is 7.33. The molecule has 2 fully saturated rings. The summed E-state index contributed by atoms with van der Waals surface area (Å²) in [7, 11) is 3.63. The van der Waals surface area contributed by atoms with Crippen molar-refractivity contribution in [2.45, 2.75) is 37.4 Å². The summed E-state index contributed by atoms with van der Waals surface area (Å²) in [5.41, 5.74) is 0.468. The highest BCUT2D eigenvalue weighted by atomic mass is 32.2. The molecule has 0 amide bonds. The van der Waals surface area contributed by atoms with Crippen LogP contribution in [0.5, 0.6) is 0 Å². The van der Waals surface area contributed by atoms with Gasteiger partial charge in [0.15, 0.2) is 5.96 Å². The molecule has 0 bridgehead atoms. The second-order valence-electron chi connectivity index (χ2n) is 5.68. The van der Waals surface area contributed by atoms with Gasteiger partial charge in [0.1, 0.15) is 0 Å². The summed E-state index contributed by atoms with van der Waals surface area (Å²) in [4.78, 5) is 4.31. The summed E-state index contributed by atoms with van der Waals surface area (Å²) >= 11 is 2.08. The second kappa shape index (κ2) is 7.39. The van der Waals surface area contributed by atoms with E-state index < -0.39 is 0 Å². The minimum Gasteiger partial charge on any atom is -0.385 e. The third kappa shape index (κ3) is 4.88. The van der Waals surface area contributed by atoms with Gasteiger partial charge in [-0.2, -0.15) is 11.8 Å². The molecule has 1 atom stereocenters. The first-order valence-corrected chi connectivity index (χ1v) is 8.38. The molecule has 1 saturated carbocycles. The van der Waals surface area contributed by atoms with Crippen molar-refractivity contribution in [2.24, 2.45) is 10.4 Å². The van der Waals surface area contributed by atoms with Crippen molar-refractivity contribution in [1.29, 1.82) is 0 Å². The fraction of sp³-hybridized carbons (Fsp3) is 0.929. The molecule has 0 radical (unpaired) electrons. The van der Waals surface area contributed by atoms with Gasteiger partial charge in [-0.25, -0.2) is 0 Å². The van der Waals surface area contributed by atoms with Crippen LogP contribution >= 0.6 is 11.8 Å². The maximum Gasteiger partial charge on any atom is 0.191 e. The maximum atomic E-state index is 5.19. The summed E-state index contributed by atoms with van der Waals surface area (Å²) in [6, 6.07) is 0. The van der Waals surface area contributed by atoms with Gasteiger partial charge in [-0.1, -0.05) is 0 Å². The van der Waals surface area contributed by atoms with E-state index in [0.29, 0.717) is 5.41 Å². The van der Waals surface area contributed by atoms with Crippen molar-refractivity contribution >= 4 is 17.7 Å². The number of ether oxygens (including phenoxy) is 1. The van der Waals surface area contributed by atoms with E-state index in [1.54, 1.807) is 7.11 Å². The Morgan fingerprint density at radius 1 is 1.42 bits per heavy atom. The predicted octanol–water partition coefficient (Wildman–Crippen LogP) is 1.86. The Morgan fingerprint density at radius 2 is 2.26 bits per heavy atom. The molecule has 110 valence electrons. The van der Waals surface area contributed by atoms with Crippen LogP contribution in [-0.4, -0.2) is 50.8 Å². The van der Waals surface area contributed by atoms with E-state index in [2.05, 4.69) is 27.4 Å². The fourth-order valence-corrected chi connectivity index (χ4v) is 3.72. The van der Waals surface area contributed by atoms with Crippen LogP contribution in [0.4, 0.5) is 0 Å². The zero-order valence-electron chi connectivity index (χ0n) is 12.2. The monoisotopic (exact) mass is 285 g/mol. The zero-order valence-corrected chi connectivity index (χ0v) is 13.0. The molecule has 2 aliphatic rings. The average molecular weight is 285 g/mol. The van der Waals surface area contributed by atoms with Gasteiger partial charge in [0.2, 0.25) is 0 Å². The average Bonchev–Trinajstić information content (AvgIpc) is 3.00. The molecule has 1 aliphatic heterocycles. The van der Waals surface area contributed by atoms with Gasteiger partial charge in [0.05, 0.1) is 0 Å². The number of hydrogen-bond donors (Lipinski definition) is 2. The minimum absolute atomic E-state index is 0.468. The topological polar surface area (TPSA) is 45.7 Å². The van der Waals surface area contributed by atoms with Crippen LogP contribution < -0.4 is 10.6 Å². The van der Waals surface area contributed by atoms with Gasteiger partial charge < -0.3 is 15.4 Å². The Hall–Kier alpha value is -0.420. The lowest BCUT2D eigenvalue weighted by molar-refractivity contribution is 0.172. The van der Waals surface area contributed by atoms with Crippen molar-refractivity contribution in [2.75, 3.05) is 39.6 Å². The molecular weight excluding hydrogens is 258 g/mol. The Morgan fingerprint density at radius 3 is 2.84 bits per heavy atom. The zero-order chi connectivity index (χ0) is 13.6. The van der Waals surface area contributed by atoms with Crippen LogP contribution in [0.2, 0.25) is 0 Å². The summed E-state index contributed by atoms with van der Waals surface area (Å²) < 4.78 is 5.19. The van der Waals surface area contributed by atoms with E-state index in [1.807, 2.05) is 7.05 Å². The lowest BCUT2D eigenvalue weighted by Gasteiger charge is -2.19. The third-order valence-electron chi connectivity index (χ3n) is 4.17. The molecular formula is C14H27N3OS. The van der Waals surface area contributed by atoms with Crippen molar-refractivity contribution < 1.29 is 4.74 Å². The highest BCUT2D eigenvalue weighted by molar-refractivity contribution is 8.00. The molecule has 0 aromatic carbocycles. The number of methoxy groups -OCH3 is 1. The Bertz CT molecular complexity index is 299. The van der Waals surface area contributed by atoms with Gasteiger partial charge in [-0.15, -0.1) is 0 Å². The van der Waals surface area contributed by atoms with Crippen molar-refractivity contribution in [1.82, 2.24) is 10.6 Å². The molecule has 1 heterocycles. The molecule has 1 aliphatic carbocycles. The van der Waals surface area contributed by atoms with Gasteiger partial charge in [0.25, 0.3) is 0 Å². The minimum atomic E-state index is 0.468. The Labute approximate surface area is 121 Å². The largest absolute Gasteiger partial charge is 0.385 e. The second-order valence-corrected chi connectivity index (χ2v) is 7.09. The number of nitrogens with zero attached hydrogens (tertiary/aromatic N) is 1. The normalized spacial score (nSPS) is 25.4. The lowest BCUT2D eigenvalue weighted by Crippen LogP contribution is -2.42. The number of thioether (sulfide) groups is 1. The number of guanidine groups is 1. The molecule has 0 spiro atoms. The SMILES string of the molecule is CN=C(NCC1CCCS1)NCC1(CCOC)CC1. The van der Waals surface area contributed by atoms with Crippen molar-refractivity contribution in [3.05, 3.63) is 0 Å². The molecule has 0 aromatic rings. The molecule has 2 N–H and O–H groups in total. The van der Waals surface area contributed by atoms with Crippen LogP contribution in [0.25, 0.3) is 0 Å². The molecule has 1 saturated heterocycles. The first-order chi connectivity index (χ1) is 9.28. The van der Waals surface area contributed by atoms with Gasteiger partial charge in [-0.3, -0.25) is 4.99 Å². The molecule has 5 heteroatoms. The number of rotatable bonds is 7. The van der Waals surface area contributed by atoms with Crippen LogP contribution in [0.1, 0.15) is 32.1 Å². The van der Waals surface area contributed by atoms with Crippen LogP contribution in [0.3, 0.4) is 0 Å². The Balaban J connectivity index is 1.65. The quantitative estimate of drug-likeness (QED) is 0.554. The van der Waals surface area contributed by atoms with E-state index in [1.165, 1.54) is 31.4 Å². The molecule has 0 aromatic heterocycles. The van der Waals surface area contributed by atoms with E-state index in [-0.39, 0.29) is 0 Å². The highest BCUT2D eigenvalue weighted by Gasteiger charge is 2.41. The first kappa shape index (κ1) is 15.0. The fourth-order valence-electron chi connectivity index (χ4n) is 2.52. The number of nitrogens with one attached hydrogen (secondary N) is 2. The third-order valence-corrected chi connectivity index (χ3v) is 5.57. The molecule has 1 unspecified atom stereocenters. The summed E-state index contributed by atoms with van der Waals surface area (Å²) in [6.45, 7) is 2.93. The van der Waals surface area contributed by atoms with Gasteiger partial charge in [0, 0.05) is 39.1 Å². The maximum absolute atomic E-state index is 5.19. The Kier molecular flexibility index (Phi) is 5.82. The molecule has 2 rings (SSSR count). The van der Waals surface area contributed by atoms with E-state index in [4.69, 9.17) is 4.74 Å². The molecule has 4 nitrogen and oxygen atoms in total. The van der Waals surface area contributed by atoms with Gasteiger partial charge >= 0.3 is 0 Å². The van der Waals surface area contributed by atoms with E-state index in [9.17, 15) is 0 Å². The smallest absolute Gasteiger partial charge is 0.191 e. The highest BCUT2D eigenvalue weighted by Crippen LogP contribution is 2.48. The summed E-state index contributed by atoms with van der Waals surface area (Å²) in [5.74, 6) is 2.27. The number of hydrogen-bond acceptors (Lipinski definition) is 3. The van der Waals surface area contributed by atoms with E-state index >= 15 is 0 Å². The summed E-state index contributed by atoms with van der Waals surface area (Å²) in [6.07, 6.45) is 6.50. The van der Waals surface area contributed by atoms with Crippen molar-refractivity contribution in [3.63, 3.8) is 0 Å². The molecule has 19 heavy (non-hydrogen) atoms. The lowest BCUT2D eigenvalue weighted by atomic mass is 10.0. The van der Waals surface area contributed by atoms with E-state index in [0.717, 1.165) is 37.3 Å². The van der Waals surface area contributed by atoms with Crippen LogP contribution in [-0.2, 0) is 4.74 Å². The van der Waals surface area contributed by atoms with Gasteiger partial charge in [-0.05, 0) is 43.3 Å². The number of aliphatic imine (C=N–C) groups is 1. The van der Waals surface area contributed by atoms with Crippen LogP contribution in [0.15, 0.2) is 4.99 Å². The predicted molar refractivity (Wildman–Crippen MR) is 83.0 cm³/mol.